The van der Waals surface area contributed by atoms with Gasteiger partial charge in [0.25, 0.3) is 0 Å². The summed E-state index contributed by atoms with van der Waals surface area (Å²) < 4.78 is 11.7. The van der Waals surface area contributed by atoms with Crippen molar-refractivity contribution in [2.75, 3.05) is 6.61 Å². The van der Waals surface area contributed by atoms with E-state index >= 15 is 0 Å². The second-order valence-electron chi connectivity index (χ2n) is 9.12. The summed E-state index contributed by atoms with van der Waals surface area (Å²) in [4.78, 5) is 29.6. The van der Waals surface area contributed by atoms with Gasteiger partial charge in [0.1, 0.15) is 0 Å². The van der Waals surface area contributed by atoms with Crippen molar-refractivity contribution in [3.05, 3.63) is 35.9 Å². The summed E-state index contributed by atoms with van der Waals surface area (Å²) in [6.45, 7) is 8.58. The number of benzene rings is 1. The lowest BCUT2D eigenvalue weighted by Crippen LogP contribution is -2.67. The highest BCUT2D eigenvalue weighted by atomic mass is 16.8. The smallest absolute Gasteiger partial charge is 0.336 e. The number of piperidine rings is 1. The Bertz CT molecular complexity index is 768. The average molecular weight is 436 g/mol. The Hall–Kier alpha value is -2.00. The first-order valence-corrected chi connectivity index (χ1v) is 10.9. The molecule has 31 heavy (non-hydrogen) atoms. The molecule has 0 aliphatic carbocycles. The fraction of sp³-hybridized carbons (Fsp3) is 0.652. The van der Waals surface area contributed by atoms with Crippen LogP contribution >= 0.6 is 0 Å². The van der Waals surface area contributed by atoms with E-state index in [1.165, 1.54) is 5.56 Å². The first-order chi connectivity index (χ1) is 14.6. The number of rotatable bonds is 8. The maximum atomic E-state index is 11.6. The van der Waals surface area contributed by atoms with Crippen molar-refractivity contribution in [2.45, 2.75) is 88.9 Å². The van der Waals surface area contributed by atoms with Gasteiger partial charge < -0.3 is 19.7 Å². The summed E-state index contributed by atoms with van der Waals surface area (Å²) in [7, 11) is 0. The van der Waals surface area contributed by atoms with Gasteiger partial charge in [0.2, 0.25) is 0 Å². The number of hydrogen-bond acceptors (Lipinski definition) is 6. The van der Waals surface area contributed by atoms with Crippen LogP contribution in [0.25, 0.3) is 0 Å². The lowest BCUT2D eigenvalue weighted by atomic mass is 9.73. The highest BCUT2D eigenvalue weighted by Crippen LogP contribution is 2.52. The molecular weight excluding hydrogens is 402 g/mol. The fourth-order valence-electron chi connectivity index (χ4n) is 5.15. The number of ether oxygens (including phenoxy) is 2. The van der Waals surface area contributed by atoms with Gasteiger partial charge in [-0.05, 0) is 38.7 Å². The van der Waals surface area contributed by atoms with E-state index in [0.717, 1.165) is 6.42 Å². The summed E-state index contributed by atoms with van der Waals surface area (Å²) in [5.41, 5.74) is 0.121. The summed E-state index contributed by atoms with van der Waals surface area (Å²) >= 11 is 0. The van der Waals surface area contributed by atoms with Crippen molar-refractivity contribution in [1.82, 2.24) is 5.06 Å². The van der Waals surface area contributed by atoms with E-state index in [-0.39, 0.29) is 0 Å². The van der Waals surface area contributed by atoms with Gasteiger partial charge in [0.15, 0.2) is 18.0 Å². The molecule has 2 aliphatic rings. The van der Waals surface area contributed by atoms with Crippen LogP contribution in [-0.4, -0.2) is 62.9 Å². The summed E-state index contributed by atoms with van der Waals surface area (Å²) in [5.74, 6) is -3.95. The highest BCUT2D eigenvalue weighted by molar-refractivity contribution is 5.84. The van der Waals surface area contributed by atoms with E-state index in [1.54, 1.807) is 0 Å². The van der Waals surface area contributed by atoms with Crippen LogP contribution in [0.2, 0.25) is 0 Å². The summed E-state index contributed by atoms with van der Waals surface area (Å²) in [6.07, 6.45) is -0.270. The fourth-order valence-corrected chi connectivity index (χ4v) is 5.15. The minimum absolute atomic E-state index is 0.292. The second kappa shape index (κ2) is 8.86. The van der Waals surface area contributed by atoms with Gasteiger partial charge in [-0.25, -0.2) is 9.59 Å². The van der Waals surface area contributed by atoms with Crippen LogP contribution in [0, 0.1) is 0 Å². The molecule has 2 aliphatic heterocycles. The third-order valence-electron chi connectivity index (χ3n) is 6.50. The lowest BCUT2D eigenvalue weighted by Gasteiger charge is -2.58. The number of carbonyl (C=O) groups is 2. The topological polar surface area (TPSA) is 106 Å². The Morgan fingerprint density at radius 3 is 2.06 bits per heavy atom. The molecule has 2 N–H and O–H groups in total. The summed E-state index contributed by atoms with van der Waals surface area (Å²) in [6, 6.07) is 10.1. The molecule has 172 valence electrons. The van der Waals surface area contributed by atoms with Gasteiger partial charge in [-0.2, -0.15) is 5.06 Å². The lowest BCUT2D eigenvalue weighted by molar-refractivity contribution is -0.346. The molecule has 0 bridgehead atoms. The molecule has 2 atom stereocenters. The van der Waals surface area contributed by atoms with E-state index in [0.29, 0.717) is 32.3 Å². The molecule has 1 spiro atoms. The summed E-state index contributed by atoms with van der Waals surface area (Å²) in [5, 5.41) is 21.0. The van der Waals surface area contributed by atoms with Crippen molar-refractivity contribution >= 4 is 11.9 Å². The normalized spacial score (nSPS) is 29.8. The predicted molar refractivity (Wildman–Crippen MR) is 112 cm³/mol. The van der Waals surface area contributed by atoms with Crippen molar-refractivity contribution in [3.63, 3.8) is 0 Å². The predicted octanol–water partition coefficient (Wildman–Crippen LogP) is 3.24. The number of hydroxylamine groups is 2. The largest absolute Gasteiger partial charge is 0.479 e. The molecule has 8 heteroatoms. The molecule has 0 radical (unpaired) electrons. The minimum Gasteiger partial charge on any atom is -0.479 e. The van der Waals surface area contributed by atoms with Crippen molar-refractivity contribution in [3.8, 4) is 0 Å². The zero-order chi connectivity index (χ0) is 22.9. The molecule has 1 aromatic rings. The maximum Gasteiger partial charge on any atom is 0.336 e. The quantitative estimate of drug-likeness (QED) is 0.641. The van der Waals surface area contributed by atoms with E-state index in [9.17, 15) is 19.8 Å². The van der Waals surface area contributed by atoms with E-state index in [2.05, 4.69) is 12.1 Å². The van der Waals surface area contributed by atoms with Crippen molar-refractivity contribution in [2.24, 2.45) is 0 Å². The average Bonchev–Trinajstić information content (AvgIpc) is 3.09. The number of nitrogens with zero attached hydrogens (tertiary/aromatic N) is 1. The van der Waals surface area contributed by atoms with Gasteiger partial charge in [-0.15, -0.1) is 0 Å². The molecule has 0 saturated carbocycles. The minimum atomic E-state index is -1.54. The van der Waals surface area contributed by atoms with Crippen molar-refractivity contribution < 1.29 is 34.1 Å². The molecular formula is C23H33NO7. The molecule has 2 saturated heterocycles. The van der Waals surface area contributed by atoms with E-state index in [1.807, 2.05) is 51.0 Å². The molecule has 0 aromatic heterocycles. The van der Waals surface area contributed by atoms with Gasteiger partial charge in [-0.1, -0.05) is 44.2 Å². The van der Waals surface area contributed by atoms with Gasteiger partial charge >= 0.3 is 11.9 Å². The van der Waals surface area contributed by atoms with Gasteiger partial charge in [-0.3, -0.25) is 4.84 Å². The monoisotopic (exact) mass is 435 g/mol. The zero-order valence-electron chi connectivity index (χ0n) is 18.7. The second-order valence-corrected chi connectivity index (χ2v) is 9.12. The number of carboxylic acids is 2. The van der Waals surface area contributed by atoms with Gasteiger partial charge in [0, 0.05) is 18.4 Å². The number of aliphatic carboxylic acids is 2. The van der Waals surface area contributed by atoms with Crippen LogP contribution in [0.5, 0.6) is 0 Å². The van der Waals surface area contributed by atoms with Crippen LogP contribution in [-0.2, 0) is 30.3 Å². The Labute approximate surface area is 183 Å². The molecule has 2 unspecified atom stereocenters. The molecule has 3 rings (SSSR count). The Morgan fingerprint density at radius 2 is 1.58 bits per heavy atom. The third kappa shape index (κ3) is 4.62. The highest BCUT2D eigenvalue weighted by Gasteiger charge is 2.63. The standard InChI is InChI=1S/C23H33NO7/c1-5-22(6-2)15-23(30-17(19(25)26)18(31-23)20(27)28)14-21(3,4)24(22)29-13-12-16-10-8-7-9-11-16/h7-11,17-18H,5-6,12-15H2,1-4H3,(H,25,26)(H,27,28). The Kier molecular flexibility index (Phi) is 6.76. The van der Waals surface area contributed by atoms with Crippen molar-refractivity contribution in [1.29, 1.82) is 0 Å². The third-order valence-corrected chi connectivity index (χ3v) is 6.50. The SMILES string of the molecule is CCC1(CC)CC2(CC(C)(C)N1OCCc1ccccc1)OC(C(=O)O)C(C(=O)O)O2. The first kappa shape index (κ1) is 23.7. The number of hydrogen-bond donors (Lipinski definition) is 2. The maximum absolute atomic E-state index is 11.6. The molecule has 0 amide bonds. The number of carboxylic acid groups (broad SMARTS) is 2. The zero-order valence-corrected chi connectivity index (χ0v) is 18.7. The van der Waals surface area contributed by atoms with Crippen LogP contribution in [0.15, 0.2) is 30.3 Å². The Morgan fingerprint density at radius 1 is 1.03 bits per heavy atom. The molecule has 8 nitrogen and oxygen atoms in total. The van der Waals surface area contributed by atoms with Crippen LogP contribution in [0.4, 0.5) is 0 Å². The molecule has 1 aromatic carbocycles. The van der Waals surface area contributed by atoms with Crippen LogP contribution < -0.4 is 0 Å². The van der Waals surface area contributed by atoms with Crippen LogP contribution in [0.3, 0.4) is 0 Å². The van der Waals surface area contributed by atoms with Crippen LogP contribution in [0.1, 0.15) is 58.9 Å². The Balaban J connectivity index is 1.84. The van der Waals surface area contributed by atoms with E-state index in [4.69, 9.17) is 14.3 Å². The van der Waals surface area contributed by atoms with Gasteiger partial charge in [0.05, 0.1) is 12.1 Å². The first-order valence-electron chi connectivity index (χ1n) is 10.9. The molecule has 2 heterocycles. The molecule has 2 fully saturated rings. The van der Waals surface area contributed by atoms with E-state index < -0.39 is 41.0 Å².